The van der Waals surface area contributed by atoms with E-state index in [-0.39, 0.29) is 46.0 Å². The van der Waals surface area contributed by atoms with Crippen LogP contribution in [-0.4, -0.2) is 71.6 Å². The van der Waals surface area contributed by atoms with E-state index in [1.54, 1.807) is 6.07 Å². The SMILES string of the molecule is Oc1cc2c(Nc3ccc(Cl)c(Cl)c3F)ncnc2cc1OC[C@H]1CN2CCOCC2CO1. The summed E-state index contributed by atoms with van der Waals surface area (Å²) in [4.78, 5) is 10.8. The van der Waals surface area contributed by atoms with Gasteiger partial charge in [-0.2, -0.15) is 0 Å². The highest BCUT2D eigenvalue weighted by Gasteiger charge is 2.31. The van der Waals surface area contributed by atoms with Gasteiger partial charge in [-0.15, -0.1) is 0 Å². The summed E-state index contributed by atoms with van der Waals surface area (Å²) in [6, 6.07) is 6.31. The van der Waals surface area contributed by atoms with Crippen molar-refractivity contribution in [2.24, 2.45) is 0 Å². The normalized spacial score (nSPS) is 21.1. The standard InChI is InChI=1S/C22H21Cl2FN4O4/c23-15-1-2-16(21(25)20(15)24)28-22-14-5-18(30)19(6-17(14)26-11-27-22)33-10-13-7-29-3-4-31-8-12(29)9-32-13/h1-2,5-6,11-13,30H,3-4,7-10H2,(H,26,27,28)/t12?,13-/m1/s1. The van der Waals surface area contributed by atoms with E-state index < -0.39 is 5.82 Å². The van der Waals surface area contributed by atoms with Crippen LogP contribution >= 0.6 is 23.2 Å². The van der Waals surface area contributed by atoms with Gasteiger partial charge in [-0.25, -0.2) is 14.4 Å². The number of halogens is 3. The van der Waals surface area contributed by atoms with Crippen molar-refractivity contribution < 1.29 is 23.7 Å². The van der Waals surface area contributed by atoms with Crippen LogP contribution in [0, 0.1) is 5.82 Å². The number of phenols is 1. The highest BCUT2D eigenvalue weighted by molar-refractivity contribution is 6.42. The Morgan fingerprint density at radius 2 is 2.12 bits per heavy atom. The highest BCUT2D eigenvalue weighted by atomic mass is 35.5. The predicted molar refractivity (Wildman–Crippen MR) is 122 cm³/mol. The Balaban J connectivity index is 1.33. The first kappa shape index (κ1) is 22.4. The fourth-order valence-corrected chi connectivity index (χ4v) is 4.28. The molecule has 3 aromatic rings. The fourth-order valence-electron chi connectivity index (χ4n) is 3.97. The first-order valence-electron chi connectivity index (χ1n) is 10.4. The number of hydrogen-bond donors (Lipinski definition) is 2. The van der Waals surface area contributed by atoms with Crippen molar-refractivity contribution in [1.29, 1.82) is 0 Å². The van der Waals surface area contributed by atoms with Gasteiger partial charge in [0.1, 0.15) is 24.9 Å². The van der Waals surface area contributed by atoms with Crippen LogP contribution in [0.1, 0.15) is 0 Å². The second kappa shape index (κ2) is 9.44. The fraction of sp³-hybridized carbons (Fsp3) is 0.364. The van der Waals surface area contributed by atoms with Crippen molar-refractivity contribution in [3.05, 3.63) is 46.5 Å². The molecule has 2 N–H and O–H groups in total. The van der Waals surface area contributed by atoms with Crippen LogP contribution in [0.4, 0.5) is 15.9 Å². The Morgan fingerprint density at radius 3 is 3.00 bits per heavy atom. The summed E-state index contributed by atoms with van der Waals surface area (Å²) in [5, 5.41) is 13.9. The zero-order chi connectivity index (χ0) is 22.9. The minimum atomic E-state index is -0.699. The summed E-state index contributed by atoms with van der Waals surface area (Å²) in [6.07, 6.45) is 1.22. The molecule has 174 valence electrons. The molecule has 2 aromatic carbocycles. The van der Waals surface area contributed by atoms with Crippen LogP contribution in [0.25, 0.3) is 10.9 Å². The van der Waals surface area contributed by atoms with Crippen LogP contribution in [0.3, 0.4) is 0 Å². The average Bonchev–Trinajstić information content (AvgIpc) is 2.83. The smallest absolute Gasteiger partial charge is 0.166 e. The van der Waals surface area contributed by atoms with Gasteiger partial charge < -0.3 is 24.6 Å². The monoisotopic (exact) mass is 494 g/mol. The molecule has 2 saturated heterocycles. The van der Waals surface area contributed by atoms with Crippen molar-refractivity contribution >= 4 is 45.6 Å². The molecule has 0 amide bonds. The third-order valence-electron chi connectivity index (χ3n) is 5.74. The number of fused-ring (bicyclic) bond motifs is 2. The molecule has 0 bridgehead atoms. The summed E-state index contributed by atoms with van der Waals surface area (Å²) >= 11 is 11.7. The van der Waals surface area contributed by atoms with Gasteiger partial charge in [-0.05, 0) is 18.2 Å². The zero-order valence-electron chi connectivity index (χ0n) is 17.4. The maximum atomic E-state index is 14.5. The van der Waals surface area contributed by atoms with Crippen LogP contribution in [0.15, 0.2) is 30.6 Å². The summed E-state index contributed by atoms with van der Waals surface area (Å²) in [7, 11) is 0. The van der Waals surface area contributed by atoms with Gasteiger partial charge in [-0.1, -0.05) is 23.2 Å². The van der Waals surface area contributed by atoms with E-state index in [0.29, 0.717) is 29.9 Å². The van der Waals surface area contributed by atoms with Gasteiger partial charge in [0.15, 0.2) is 17.3 Å². The van der Waals surface area contributed by atoms with Crippen molar-refractivity contribution in [2.75, 3.05) is 44.8 Å². The highest BCUT2D eigenvalue weighted by Crippen LogP contribution is 2.36. The topological polar surface area (TPSA) is 89.0 Å². The number of benzene rings is 2. The van der Waals surface area contributed by atoms with E-state index in [4.69, 9.17) is 37.4 Å². The molecule has 2 atom stereocenters. The molecule has 1 unspecified atom stereocenters. The number of nitrogens with one attached hydrogen (secondary N) is 1. The van der Waals surface area contributed by atoms with Gasteiger partial charge in [0.05, 0.1) is 47.1 Å². The Bertz CT molecular complexity index is 1180. The Labute approximate surface area is 199 Å². The Hall–Kier alpha value is -2.43. The van der Waals surface area contributed by atoms with Crippen molar-refractivity contribution in [1.82, 2.24) is 14.9 Å². The van der Waals surface area contributed by atoms with Crippen LogP contribution < -0.4 is 10.1 Å². The van der Waals surface area contributed by atoms with Crippen LogP contribution in [-0.2, 0) is 9.47 Å². The molecule has 0 saturated carbocycles. The number of nitrogens with zero attached hydrogens (tertiary/aromatic N) is 3. The number of anilines is 2. The number of phenolic OH excluding ortho intramolecular Hbond substituents is 1. The quantitative estimate of drug-likeness (QED) is 0.514. The summed E-state index contributed by atoms with van der Waals surface area (Å²) in [5.41, 5.74) is 0.610. The lowest BCUT2D eigenvalue weighted by Gasteiger charge is -2.41. The molecule has 0 spiro atoms. The van der Waals surface area contributed by atoms with Crippen molar-refractivity contribution in [3.8, 4) is 11.5 Å². The molecule has 11 heteroatoms. The molecule has 2 aliphatic rings. The van der Waals surface area contributed by atoms with E-state index in [0.717, 1.165) is 19.7 Å². The minimum Gasteiger partial charge on any atom is -0.504 e. The summed E-state index contributed by atoms with van der Waals surface area (Å²) in [5.74, 6) is -0.209. The maximum absolute atomic E-state index is 14.5. The van der Waals surface area contributed by atoms with E-state index >= 15 is 0 Å². The van der Waals surface area contributed by atoms with Crippen molar-refractivity contribution in [3.63, 3.8) is 0 Å². The molecular weight excluding hydrogens is 474 g/mol. The summed E-state index contributed by atoms with van der Waals surface area (Å²) < 4.78 is 31.7. The van der Waals surface area contributed by atoms with E-state index in [9.17, 15) is 9.50 Å². The van der Waals surface area contributed by atoms with Gasteiger partial charge in [-0.3, -0.25) is 4.90 Å². The molecule has 33 heavy (non-hydrogen) atoms. The Morgan fingerprint density at radius 1 is 1.24 bits per heavy atom. The van der Waals surface area contributed by atoms with E-state index in [1.807, 2.05) is 0 Å². The number of aromatic nitrogens is 2. The average molecular weight is 495 g/mol. The molecule has 2 fully saturated rings. The van der Waals surface area contributed by atoms with Gasteiger partial charge in [0.25, 0.3) is 0 Å². The second-order valence-electron chi connectivity index (χ2n) is 7.90. The van der Waals surface area contributed by atoms with E-state index in [2.05, 4.69) is 20.2 Å². The predicted octanol–water partition coefficient (Wildman–Crippen LogP) is 4.00. The lowest BCUT2D eigenvalue weighted by atomic mass is 10.1. The first-order valence-corrected chi connectivity index (χ1v) is 11.2. The third-order valence-corrected chi connectivity index (χ3v) is 6.52. The van der Waals surface area contributed by atoms with Crippen LogP contribution in [0.5, 0.6) is 11.5 Å². The van der Waals surface area contributed by atoms with Crippen LogP contribution in [0.2, 0.25) is 10.0 Å². The summed E-state index contributed by atoms with van der Waals surface area (Å²) in [6.45, 7) is 3.89. The molecule has 0 radical (unpaired) electrons. The minimum absolute atomic E-state index is 0.0879. The number of morpholine rings is 2. The number of aromatic hydroxyl groups is 1. The van der Waals surface area contributed by atoms with Gasteiger partial charge in [0.2, 0.25) is 0 Å². The number of hydrogen-bond acceptors (Lipinski definition) is 8. The largest absolute Gasteiger partial charge is 0.504 e. The first-order chi connectivity index (χ1) is 16.0. The molecule has 8 nitrogen and oxygen atoms in total. The number of ether oxygens (including phenoxy) is 3. The van der Waals surface area contributed by atoms with E-state index in [1.165, 1.54) is 24.5 Å². The van der Waals surface area contributed by atoms with Crippen molar-refractivity contribution in [2.45, 2.75) is 12.1 Å². The second-order valence-corrected chi connectivity index (χ2v) is 8.68. The molecule has 3 heterocycles. The third kappa shape index (κ3) is 4.64. The lowest BCUT2D eigenvalue weighted by molar-refractivity contribution is -0.124. The maximum Gasteiger partial charge on any atom is 0.166 e. The molecular formula is C22H21Cl2FN4O4. The lowest BCUT2D eigenvalue weighted by Crippen LogP contribution is -2.56. The Kier molecular flexibility index (Phi) is 6.40. The van der Waals surface area contributed by atoms with Gasteiger partial charge >= 0.3 is 0 Å². The molecule has 2 aliphatic heterocycles. The molecule has 5 rings (SSSR count). The molecule has 0 aliphatic carbocycles. The zero-order valence-corrected chi connectivity index (χ0v) is 18.9. The van der Waals surface area contributed by atoms with Gasteiger partial charge in [0, 0.05) is 24.5 Å². The molecule has 1 aromatic heterocycles. The number of rotatable bonds is 5.